The largest absolute Gasteiger partial charge is 0.481 e. The molecule has 1 N–H and O–H groups in total. The van der Waals surface area contributed by atoms with Gasteiger partial charge in [-0.3, -0.25) is 4.79 Å². The second-order valence-corrected chi connectivity index (χ2v) is 5.80. The van der Waals surface area contributed by atoms with Crippen molar-refractivity contribution in [3.63, 3.8) is 0 Å². The number of benzene rings is 1. The van der Waals surface area contributed by atoms with E-state index in [-0.39, 0.29) is 17.1 Å². The summed E-state index contributed by atoms with van der Waals surface area (Å²) in [4.78, 5) is 23.6. The van der Waals surface area contributed by atoms with Gasteiger partial charge in [0.2, 0.25) is 0 Å². The summed E-state index contributed by atoms with van der Waals surface area (Å²) >= 11 is 1.48. The average Bonchev–Trinajstić information content (AvgIpc) is 2.87. The molecule has 4 nitrogen and oxygen atoms in total. The van der Waals surface area contributed by atoms with Crippen LogP contribution in [0.25, 0.3) is 0 Å². The highest BCUT2D eigenvalue weighted by Gasteiger charge is 2.34. The first-order chi connectivity index (χ1) is 9.13. The molecule has 2 atom stereocenters. The van der Waals surface area contributed by atoms with Crippen molar-refractivity contribution in [3.05, 3.63) is 29.8 Å². The molecule has 1 aliphatic rings. The van der Waals surface area contributed by atoms with E-state index in [0.717, 1.165) is 17.7 Å². The van der Waals surface area contributed by atoms with Crippen molar-refractivity contribution in [1.29, 1.82) is 0 Å². The number of ether oxygens (including phenoxy) is 1. The topological polar surface area (TPSA) is 63.6 Å². The molecule has 0 radical (unpaired) electrons. The van der Waals surface area contributed by atoms with E-state index in [9.17, 15) is 14.7 Å². The van der Waals surface area contributed by atoms with E-state index < -0.39 is 5.97 Å². The normalized spacial score (nSPS) is 22.2. The zero-order valence-corrected chi connectivity index (χ0v) is 11.5. The smallest absolute Gasteiger partial charge is 0.338 e. The highest BCUT2D eigenvalue weighted by atomic mass is 32.2. The molecule has 0 saturated heterocycles. The van der Waals surface area contributed by atoms with Crippen LogP contribution in [0, 0.1) is 5.92 Å². The average molecular weight is 280 g/mol. The molecule has 19 heavy (non-hydrogen) atoms. The molecule has 0 aromatic heterocycles. The molecule has 2 rings (SSSR count). The molecular formula is C14H16O4S. The third-order valence-electron chi connectivity index (χ3n) is 3.34. The molecule has 1 fully saturated rings. The summed E-state index contributed by atoms with van der Waals surface area (Å²) in [6.45, 7) is 0. The Labute approximate surface area is 116 Å². The van der Waals surface area contributed by atoms with Crippen LogP contribution in [0.4, 0.5) is 0 Å². The second kappa shape index (κ2) is 6.10. The number of aliphatic carboxylic acids is 1. The minimum atomic E-state index is -0.745. The lowest BCUT2D eigenvalue weighted by Crippen LogP contribution is -2.20. The highest BCUT2D eigenvalue weighted by Crippen LogP contribution is 2.40. The van der Waals surface area contributed by atoms with Gasteiger partial charge in [-0.15, -0.1) is 11.8 Å². The van der Waals surface area contributed by atoms with Crippen molar-refractivity contribution in [2.45, 2.75) is 29.4 Å². The Kier molecular flexibility index (Phi) is 4.47. The zero-order chi connectivity index (χ0) is 13.8. The van der Waals surface area contributed by atoms with Gasteiger partial charge >= 0.3 is 11.9 Å². The van der Waals surface area contributed by atoms with Gasteiger partial charge in [0.05, 0.1) is 18.6 Å². The lowest BCUT2D eigenvalue weighted by molar-refractivity contribution is -0.141. The predicted octanol–water partition coefficient (Wildman–Crippen LogP) is 2.82. The Balaban J connectivity index is 2.19. The van der Waals surface area contributed by atoms with E-state index in [0.29, 0.717) is 12.0 Å². The highest BCUT2D eigenvalue weighted by molar-refractivity contribution is 8.00. The van der Waals surface area contributed by atoms with Gasteiger partial charge in [-0.1, -0.05) is 18.6 Å². The number of carbonyl (C=O) groups excluding carboxylic acids is 1. The summed E-state index contributed by atoms with van der Waals surface area (Å²) in [5, 5.41) is 9.21. The second-order valence-electron chi connectivity index (χ2n) is 4.52. The number of hydrogen-bond donors (Lipinski definition) is 1. The van der Waals surface area contributed by atoms with Crippen LogP contribution in [0.15, 0.2) is 29.2 Å². The molecule has 102 valence electrons. The quantitative estimate of drug-likeness (QED) is 0.859. The lowest BCUT2D eigenvalue weighted by Gasteiger charge is -2.16. The molecule has 0 heterocycles. The first-order valence-electron chi connectivity index (χ1n) is 6.20. The molecule has 0 aliphatic heterocycles. The molecule has 0 bridgehead atoms. The standard InChI is InChI=1S/C14H16O4S/c1-18-14(17)10-5-2-3-7-12(10)19-11-8-4-6-9(11)13(15)16/h2-3,5,7,9,11H,4,6,8H2,1H3,(H,15,16). The maximum absolute atomic E-state index is 11.7. The van der Waals surface area contributed by atoms with Crippen molar-refractivity contribution in [2.75, 3.05) is 7.11 Å². The van der Waals surface area contributed by atoms with Gasteiger partial charge < -0.3 is 9.84 Å². The Bertz CT molecular complexity index is 486. The Morgan fingerprint density at radius 3 is 2.74 bits per heavy atom. The Morgan fingerprint density at radius 1 is 1.32 bits per heavy atom. The maximum atomic E-state index is 11.7. The van der Waals surface area contributed by atoms with E-state index >= 15 is 0 Å². The molecule has 2 unspecified atom stereocenters. The van der Waals surface area contributed by atoms with E-state index in [1.165, 1.54) is 18.9 Å². The summed E-state index contributed by atoms with van der Waals surface area (Å²) in [7, 11) is 1.35. The first kappa shape index (κ1) is 13.9. The van der Waals surface area contributed by atoms with Gasteiger partial charge in [0.25, 0.3) is 0 Å². The summed E-state index contributed by atoms with van der Waals surface area (Å²) in [5.41, 5.74) is 0.506. The molecule has 5 heteroatoms. The molecule has 0 amide bonds. The Hall–Kier alpha value is -1.49. The van der Waals surface area contributed by atoms with Crippen LogP contribution < -0.4 is 0 Å². The number of hydrogen-bond acceptors (Lipinski definition) is 4. The fourth-order valence-corrected chi connectivity index (χ4v) is 3.82. The van der Waals surface area contributed by atoms with Crippen LogP contribution in [0.2, 0.25) is 0 Å². The van der Waals surface area contributed by atoms with Crippen LogP contribution in [0.1, 0.15) is 29.6 Å². The Morgan fingerprint density at radius 2 is 2.05 bits per heavy atom. The van der Waals surface area contributed by atoms with Gasteiger partial charge in [0.1, 0.15) is 0 Å². The van der Waals surface area contributed by atoms with Gasteiger partial charge in [-0.25, -0.2) is 4.79 Å². The van der Waals surface area contributed by atoms with Crippen LogP contribution in [0.5, 0.6) is 0 Å². The van der Waals surface area contributed by atoms with E-state index in [1.54, 1.807) is 12.1 Å². The minimum absolute atomic E-state index is 0.0308. The first-order valence-corrected chi connectivity index (χ1v) is 7.08. The van der Waals surface area contributed by atoms with Crippen LogP contribution in [-0.4, -0.2) is 29.4 Å². The van der Waals surface area contributed by atoms with Gasteiger partial charge in [-0.2, -0.15) is 0 Å². The SMILES string of the molecule is COC(=O)c1ccccc1SC1CCCC1C(=O)O. The molecule has 1 aromatic carbocycles. The molecule has 1 saturated carbocycles. The molecule has 0 spiro atoms. The van der Waals surface area contributed by atoms with Crippen LogP contribution in [-0.2, 0) is 9.53 Å². The van der Waals surface area contributed by atoms with Crippen molar-refractivity contribution >= 4 is 23.7 Å². The van der Waals surface area contributed by atoms with Crippen molar-refractivity contribution < 1.29 is 19.4 Å². The molecule has 1 aromatic rings. The molecular weight excluding hydrogens is 264 g/mol. The summed E-state index contributed by atoms with van der Waals surface area (Å²) in [6, 6.07) is 7.17. The van der Waals surface area contributed by atoms with E-state index in [1.807, 2.05) is 12.1 Å². The minimum Gasteiger partial charge on any atom is -0.481 e. The van der Waals surface area contributed by atoms with E-state index in [4.69, 9.17) is 4.74 Å². The van der Waals surface area contributed by atoms with Gasteiger partial charge in [0.15, 0.2) is 0 Å². The summed E-state index contributed by atoms with van der Waals surface area (Å²) in [6.07, 6.45) is 2.51. The van der Waals surface area contributed by atoms with Crippen molar-refractivity contribution in [2.24, 2.45) is 5.92 Å². The number of thioether (sulfide) groups is 1. The maximum Gasteiger partial charge on any atom is 0.338 e. The van der Waals surface area contributed by atoms with Crippen molar-refractivity contribution in [1.82, 2.24) is 0 Å². The fraction of sp³-hybridized carbons (Fsp3) is 0.429. The number of esters is 1. The fourth-order valence-electron chi connectivity index (χ4n) is 2.36. The number of rotatable bonds is 4. The van der Waals surface area contributed by atoms with Gasteiger partial charge in [-0.05, 0) is 25.0 Å². The van der Waals surface area contributed by atoms with Crippen LogP contribution in [0.3, 0.4) is 0 Å². The third-order valence-corrected chi connectivity index (χ3v) is 4.82. The van der Waals surface area contributed by atoms with Gasteiger partial charge in [0, 0.05) is 10.1 Å². The third kappa shape index (κ3) is 3.10. The van der Waals surface area contributed by atoms with Crippen molar-refractivity contribution in [3.8, 4) is 0 Å². The van der Waals surface area contributed by atoms with Crippen LogP contribution >= 0.6 is 11.8 Å². The monoisotopic (exact) mass is 280 g/mol. The predicted molar refractivity (Wildman–Crippen MR) is 72.4 cm³/mol. The summed E-state index contributed by atoms with van der Waals surface area (Å²) < 4.78 is 4.75. The number of carbonyl (C=O) groups is 2. The number of carboxylic acid groups (broad SMARTS) is 1. The number of methoxy groups -OCH3 is 1. The summed E-state index contributed by atoms with van der Waals surface area (Å²) in [5.74, 6) is -1.45. The number of carboxylic acids is 1. The van der Waals surface area contributed by atoms with E-state index in [2.05, 4.69) is 0 Å². The molecule has 1 aliphatic carbocycles. The lowest BCUT2D eigenvalue weighted by atomic mass is 10.1. The zero-order valence-electron chi connectivity index (χ0n) is 10.7.